The van der Waals surface area contributed by atoms with Gasteiger partial charge in [0.2, 0.25) is 0 Å². The number of hydrogen-bond donors (Lipinski definition) is 4. The molecule has 2 heterocycles. The molecule has 2 aliphatic carbocycles. The normalized spacial score (nSPS) is 15.2. The van der Waals surface area contributed by atoms with Gasteiger partial charge in [-0.3, -0.25) is 0 Å². The molecule has 0 unspecified atom stereocenters. The topological polar surface area (TPSA) is 132 Å². The number of aromatic amines is 2. The minimum atomic E-state index is -1.82. The van der Waals surface area contributed by atoms with E-state index in [1.54, 1.807) is 12.7 Å². The number of halogens is 2. The third kappa shape index (κ3) is 7.17. The van der Waals surface area contributed by atoms with Gasteiger partial charge in [-0.2, -0.15) is 0 Å². The van der Waals surface area contributed by atoms with Crippen molar-refractivity contribution in [3.05, 3.63) is 104 Å². The molecule has 0 saturated heterocycles. The number of aromatic nitrogens is 4. The Morgan fingerprint density at radius 2 is 1.13 bits per heavy atom. The Morgan fingerprint density at radius 3 is 1.47 bits per heavy atom. The summed E-state index contributed by atoms with van der Waals surface area (Å²) in [5.74, 6) is -3.65. The Hall–Kier alpha value is -3.76. The highest BCUT2D eigenvalue weighted by molar-refractivity contribution is 9.10. The number of aryl methyl sites for hydroxylation is 2. The van der Waals surface area contributed by atoms with Crippen molar-refractivity contribution in [2.24, 2.45) is 0 Å². The van der Waals surface area contributed by atoms with Crippen molar-refractivity contribution < 1.29 is 19.8 Å². The fraction of sp³-hybridized carbons (Fsp3) is 0.143. The van der Waals surface area contributed by atoms with E-state index in [-0.39, 0.29) is 0 Å². The lowest BCUT2D eigenvalue weighted by Crippen LogP contribution is -2.09. The molecule has 2 aromatic heterocycles. The molecule has 0 radical (unpaired) electrons. The molecule has 4 N–H and O–H groups in total. The Balaban J connectivity index is 0.000000147. The molecule has 2 aliphatic rings. The number of nitrogens with one attached hydrogen (secondary N) is 2. The molecule has 38 heavy (non-hydrogen) atoms. The van der Waals surface area contributed by atoms with E-state index in [0.717, 1.165) is 46.0 Å². The van der Waals surface area contributed by atoms with Crippen LogP contribution in [0.3, 0.4) is 0 Å². The number of allylic oxidation sites excluding steroid dienone is 2. The Kier molecular flexibility index (Phi) is 9.09. The van der Waals surface area contributed by atoms with Crippen LogP contribution in [-0.4, -0.2) is 42.1 Å². The van der Waals surface area contributed by atoms with E-state index in [1.807, 2.05) is 12.4 Å². The molecule has 0 amide bonds. The number of carbonyl (C=O) groups is 2. The van der Waals surface area contributed by atoms with Gasteiger partial charge >= 0.3 is 11.9 Å². The van der Waals surface area contributed by atoms with Crippen molar-refractivity contribution in [3.63, 3.8) is 0 Å². The van der Waals surface area contributed by atoms with E-state index in [0.29, 0.717) is 0 Å². The predicted molar refractivity (Wildman–Crippen MR) is 153 cm³/mol. The number of nitrogens with zero attached hydrogens (tertiary/aromatic N) is 2. The molecule has 0 aliphatic heterocycles. The molecule has 0 bridgehead atoms. The lowest BCUT2D eigenvalue weighted by atomic mass is 10.1. The number of H-pyrrole nitrogens is 2. The fourth-order valence-corrected chi connectivity index (χ4v) is 5.16. The number of carboxylic acids is 2. The number of imidazole rings is 2. The van der Waals surface area contributed by atoms with E-state index in [2.05, 4.69) is 100 Å². The fourth-order valence-electron chi connectivity index (χ4n) is 4.34. The average molecular weight is 640 g/mol. The van der Waals surface area contributed by atoms with Crippen LogP contribution in [0.15, 0.2) is 70.4 Å². The lowest BCUT2D eigenvalue weighted by molar-refractivity contribution is -0.159. The maximum atomic E-state index is 9.10. The monoisotopic (exact) mass is 638 g/mol. The van der Waals surface area contributed by atoms with E-state index >= 15 is 0 Å². The molecule has 2 aromatic carbocycles. The first kappa shape index (κ1) is 27.3. The highest BCUT2D eigenvalue weighted by Gasteiger charge is 2.17. The second kappa shape index (κ2) is 12.7. The summed E-state index contributed by atoms with van der Waals surface area (Å²) in [4.78, 5) is 32.5. The van der Waals surface area contributed by atoms with E-state index < -0.39 is 11.9 Å². The molecule has 6 rings (SSSR count). The van der Waals surface area contributed by atoms with Crippen molar-refractivity contribution in [1.29, 1.82) is 0 Å². The van der Waals surface area contributed by atoms with Crippen molar-refractivity contribution in [1.82, 2.24) is 19.9 Å². The summed E-state index contributed by atoms with van der Waals surface area (Å²) >= 11 is 7.02. The zero-order chi connectivity index (χ0) is 27.1. The first-order chi connectivity index (χ1) is 18.3. The molecular formula is C28H24Br2N4O4. The number of hydrogen-bond acceptors (Lipinski definition) is 4. The third-order valence-corrected chi connectivity index (χ3v) is 7.02. The van der Waals surface area contributed by atoms with Crippen molar-refractivity contribution >= 4 is 67.1 Å². The number of benzene rings is 2. The summed E-state index contributed by atoms with van der Waals surface area (Å²) in [6, 6.07) is 13.0. The van der Waals surface area contributed by atoms with E-state index in [1.165, 1.54) is 33.4 Å². The van der Waals surface area contributed by atoms with Gasteiger partial charge in [0.05, 0.1) is 36.4 Å². The average Bonchev–Trinajstić information content (AvgIpc) is 3.70. The zero-order valence-electron chi connectivity index (χ0n) is 20.1. The van der Waals surface area contributed by atoms with Crippen LogP contribution < -0.4 is 0 Å². The van der Waals surface area contributed by atoms with Crippen LogP contribution in [0.1, 0.15) is 46.5 Å². The van der Waals surface area contributed by atoms with Gasteiger partial charge in [0, 0.05) is 8.95 Å². The van der Waals surface area contributed by atoms with Gasteiger partial charge in [-0.15, -0.1) is 0 Å². The molecule has 4 aromatic rings. The summed E-state index contributed by atoms with van der Waals surface area (Å²) in [7, 11) is 0. The van der Waals surface area contributed by atoms with Crippen LogP contribution in [0.4, 0.5) is 0 Å². The van der Waals surface area contributed by atoms with E-state index in [9.17, 15) is 0 Å². The first-order valence-electron chi connectivity index (χ1n) is 11.7. The van der Waals surface area contributed by atoms with Gasteiger partial charge in [0.1, 0.15) is 0 Å². The maximum absolute atomic E-state index is 9.10. The second-order valence-corrected chi connectivity index (χ2v) is 10.4. The Labute approximate surface area is 235 Å². The van der Waals surface area contributed by atoms with Gasteiger partial charge < -0.3 is 20.2 Å². The SMILES string of the molecule is Brc1ccc2c(c1)CCC2=Cc1cnc[nH]1.Brc1ccc2c(c1)CCC2=Cc1cnc[nH]1.O=C(O)C(=O)O. The standard InChI is InChI=1S/2C13H11BrN2.C2H2O4/c2*14-11-3-4-13-9(5-11)1-2-10(13)6-12-7-15-8-16-12;3-1(4)2(5)6/h2*3-8H,1-2H2,(H,15,16);(H,3,4)(H,5,6). The molecule has 0 fully saturated rings. The van der Waals surface area contributed by atoms with Crippen molar-refractivity contribution in [2.45, 2.75) is 25.7 Å². The van der Waals surface area contributed by atoms with Crippen molar-refractivity contribution in [2.75, 3.05) is 0 Å². The zero-order valence-corrected chi connectivity index (χ0v) is 23.3. The van der Waals surface area contributed by atoms with E-state index in [4.69, 9.17) is 19.8 Å². The lowest BCUT2D eigenvalue weighted by Gasteiger charge is -2.00. The second-order valence-electron chi connectivity index (χ2n) is 8.57. The highest BCUT2D eigenvalue weighted by Crippen LogP contribution is 2.35. The Morgan fingerprint density at radius 1 is 0.711 bits per heavy atom. The molecule has 0 atom stereocenters. The van der Waals surface area contributed by atoms with Crippen LogP contribution in [0.5, 0.6) is 0 Å². The number of rotatable bonds is 2. The number of aliphatic carboxylic acids is 2. The van der Waals surface area contributed by atoms with Crippen molar-refractivity contribution in [3.8, 4) is 0 Å². The van der Waals surface area contributed by atoms with Gasteiger partial charge in [0.15, 0.2) is 0 Å². The van der Waals surface area contributed by atoms with Crippen LogP contribution in [0.2, 0.25) is 0 Å². The maximum Gasteiger partial charge on any atom is 0.414 e. The van der Waals surface area contributed by atoms with Gasteiger partial charge in [0.25, 0.3) is 0 Å². The minimum Gasteiger partial charge on any atom is -0.473 e. The molecule has 0 spiro atoms. The molecular weight excluding hydrogens is 616 g/mol. The smallest absolute Gasteiger partial charge is 0.414 e. The summed E-state index contributed by atoms with van der Waals surface area (Å²) in [6.45, 7) is 0. The summed E-state index contributed by atoms with van der Waals surface area (Å²) < 4.78 is 2.32. The summed E-state index contributed by atoms with van der Waals surface area (Å²) in [6.07, 6.45) is 16.0. The molecule has 194 valence electrons. The minimum absolute atomic E-state index is 1.07. The number of fused-ring (bicyclic) bond motifs is 2. The number of carboxylic acid groups (broad SMARTS) is 2. The van der Waals surface area contributed by atoms with Gasteiger partial charge in [-0.25, -0.2) is 19.6 Å². The molecule has 10 heteroatoms. The molecule has 0 saturated carbocycles. The van der Waals surface area contributed by atoms with Crippen LogP contribution in [0.25, 0.3) is 23.3 Å². The highest BCUT2D eigenvalue weighted by atomic mass is 79.9. The van der Waals surface area contributed by atoms with Crippen LogP contribution >= 0.6 is 31.9 Å². The van der Waals surface area contributed by atoms with Gasteiger partial charge in [-0.05, 0) is 95.5 Å². The summed E-state index contributed by atoms with van der Waals surface area (Å²) in [5.41, 5.74) is 10.5. The first-order valence-corrected chi connectivity index (χ1v) is 13.3. The third-order valence-electron chi connectivity index (χ3n) is 6.04. The predicted octanol–water partition coefficient (Wildman–Crippen LogP) is 6.47. The quantitative estimate of drug-likeness (QED) is 0.186. The molecule has 8 nitrogen and oxygen atoms in total. The Bertz CT molecular complexity index is 1380. The largest absolute Gasteiger partial charge is 0.473 e. The van der Waals surface area contributed by atoms with Crippen LogP contribution in [0, 0.1) is 0 Å². The summed E-state index contributed by atoms with van der Waals surface area (Å²) in [5, 5.41) is 14.8. The van der Waals surface area contributed by atoms with Gasteiger partial charge in [-0.1, -0.05) is 44.0 Å². The van der Waals surface area contributed by atoms with Crippen LogP contribution in [-0.2, 0) is 22.4 Å².